The Bertz CT molecular complexity index is 1220. The second-order valence-corrected chi connectivity index (χ2v) is 9.59. The Labute approximate surface area is 199 Å². The predicted molar refractivity (Wildman–Crippen MR) is 130 cm³/mol. The summed E-state index contributed by atoms with van der Waals surface area (Å²) in [4.78, 5) is 33.6. The van der Waals surface area contributed by atoms with Crippen molar-refractivity contribution in [3.05, 3.63) is 48.3 Å². The minimum Gasteiger partial charge on any atom is -0.496 e. The van der Waals surface area contributed by atoms with Crippen LogP contribution in [0.5, 0.6) is 5.75 Å². The van der Waals surface area contributed by atoms with Gasteiger partial charge in [0.05, 0.1) is 30.8 Å². The lowest BCUT2D eigenvalue weighted by molar-refractivity contribution is -0.120. The molecule has 1 saturated heterocycles. The fourth-order valence-electron chi connectivity index (χ4n) is 5.56. The number of nitrogens with one attached hydrogen (secondary N) is 1. The number of benzene rings is 1. The van der Waals surface area contributed by atoms with Crippen LogP contribution in [0.25, 0.3) is 11.0 Å². The summed E-state index contributed by atoms with van der Waals surface area (Å²) in [6.45, 7) is 4.10. The number of para-hydroxylation sites is 1. The molecule has 1 aliphatic carbocycles. The SMILES string of the molecule is COc1ccccc1C(=O)N1C(C(=O)Nc2cnc3c(cnn3C(C)C)c2)CC2CCCCC21. The van der Waals surface area contributed by atoms with E-state index >= 15 is 0 Å². The molecule has 178 valence electrons. The van der Waals surface area contributed by atoms with Crippen LogP contribution < -0.4 is 10.1 Å². The number of anilines is 1. The van der Waals surface area contributed by atoms with Crippen LogP contribution in [0.4, 0.5) is 5.69 Å². The summed E-state index contributed by atoms with van der Waals surface area (Å²) >= 11 is 0. The number of methoxy groups -OCH3 is 1. The van der Waals surface area contributed by atoms with Crippen LogP contribution in [-0.4, -0.2) is 50.7 Å². The highest BCUT2D eigenvalue weighted by molar-refractivity contribution is 6.03. The Hall–Kier alpha value is -3.42. The van der Waals surface area contributed by atoms with Gasteiger partial charge in [0, 0.05) is 17.5 Å². The molecule has 3 aromatic rings. The molecule has 2 aliphatic rings. The maximum atomic E-state index is 13.7. The third-order valence-corrected chi connectivity index (χ3v) is 7.15. The molecule has 1 saturated carbocycles. The average molecular weight is 462 g/mol. The van der Waals surface area contributed by atoms with Crippen molar-refractivity contribution in [3.63, 3.8) is 0 Å². The number of carbonyl (C=O) groups excluding carboxylic acids is 2. The van der Waals surface area contributed by atoms with E-state index in [0.717, 1.165) is 36.7 Å². The number of likely N-dealkylation sites (tertiary alicyclic amines) is 1. The van der Waals surface area contributed by atoms with Crippen LogP contribution in [0.3, 0.4) is 0 Å². The summed E-state index contributed by atoms with van der Waals surface area (Å²) in [5.74, 6) is 0.560. The highest BCUT2D eigenvalue weighted by Crippen LogP contribution is 2.41. The smallest absolute Gasteiger partial charge is 0.258 e. The molecular weight excluding hydrogens is 430 g/mol. The number of nitrogens with zero attached hydrogens (tertiary/aromatic N) is 4. The Balaban J connectivity index is 1.43. The van der Waals surface area contributed by atoms with Gasteiger partial charge in [-0.2, -0.15) is 5.10 Å². The Morgan fingerprint density at radius 1 is 1.15 bits per heavy atom. The Kier molecular flexibility index (Phi) is 5.98. The van der Waals surface area contributed by atoms with Crippen molar-refractivity contribution in [2.45, 2.75) is 64.1 Å². The van der Waals surface area contributed by atoms with E-state index in [9.17, 15) is 9.59 Å². The van der Waals surface area contributed by atoms with E-state index in [-0.39, 0.29) is 23.9 Å². The van der Waals surface area contributed by atoms with Crippen LogP contribution in [0.15, 0.2) is 42.7 Å². The minimum absolute atomic E-state index is 0.0757. The predicted octanol–water partition coefficient (Wildman–Crippen LogP) is 4.43. The molecule has 1 N–H and O–H groups in total. The van der Waals surface area contributed by atoms with Crippen LogP contribution in [0, 0.1) is 5.92 Å². The summed E-state index contributed by atoms with van der Waals surface area (Å²) < 4.78 is 7.31. The van der Waals surface area contributed by atoms with Crippen molar-refractivity contribution >= 4 is 28.5 Å². The van der Waals surface area contributed by atoms with Gasteiger partial charge in [0.1, 0.15) is 11.8 Å². The van der Waals surface area contributed by atoms with Gasteiger partial charge in [0.15, 0.2) is 5.65 Å². The zero-order chi connectivity index (χ0) is 23.8. The lowest BCUT2D eigenvalue weighted by Crippen LogP contribution is -2.48. The van der Waals surface area contributed by atoms with Gasteiger partial charge >= 0.3 is 0 Å². The second-order valence-electron chi connectivity index (χ2n) is 9.59. The van der Waals surface area contributed by atoms with Gasteiger partial charge < -0.3 is 15.0 Å². The topological polar surface area (TPSA) is 89.3 Å². The van der Waals surface area contributed by atoms with E-state index in [1.54, 1.807) is 31.6 Å². The molecule has 0 radical (unpaired) electrons. The van der Waals surface area contributed by atoms with Crippen LogP contribution in [0.1, 0.15) is 62.4 Å². The number of amides is 2. The molecule has 2 fully saturated rings. The van der Waals surface area contributed by atoms with Gasteiger partial charge in [0.25, 0.3) is 5.91 Å². The number of fused-ring (bicyclic) bond motifs is 2. The summed E-state index contributed by atoms with van der Waals surface area (Å²) in [6, 6.07) is 8.87. The van der Waals surface area contributed by atoms with Crippen molar-refractivity contribution in [1.29, 1.82) is 0 Å². The van der Waals surface area contributed by atoms with Gasteiger partial charge in [0.2, 0.25) is 5.91 Å². The van der Waals surface area contributed by atoms with Crippen molar-refractivity contribution in [2.75, 3.05) is 12.4 Å². The van der Waals surface area contributed by atoms with Crippen LogP contribution in [-0.2, 0) is 4.79 Å². The van der Waals surface area contributed by atoms with Crippen molar-refractivity contribution in [2.24, 2.45) is 5.92 Å². The number of carbonyl (C=O) groups is 2. The molecule has 1 aliphatic heterocycles. The monoisotopic (exact) mass is 461 g/mol. The molecule has 0 bridgehead atoms. The number of hydrogen-bond donors (Lipinski definition) is 1. The number of pyridine rings is 1. The molecule has 8 heteroatoms. The van der Waals surface area contributed by atoms with Crippen LogP contribution >= 0.6 is 0 Å². The maximum absolute atomic E-state index is 13.7. The Morgan fingerprint density at radius 2 is 1.94 bits per heavy atom. The molecule has 0 spiro atoms. The van der Waals surface area contributed by atoms with E-state index < -0.39 is 6.04 Å². The first-order valence-corrected chi connectivity index (χ1v) is 12.1. The molecule has 8 nitrogen and oxygen atoms in total. The lowest BCUT2D eigenvalue weighted by atomic mass is 9.84. The summed E-state index contributed by atoms with van der Waals surface area (Å²) in [6.07, 6.45) is 8.30. The maximum Gasteiger partial charge on any atom is 0.258 e. The molecule has 5 rings (SSSR count). The van der Waals surface area contributed by atoms with Gasteiger partial charge in [-0.3, -0.25) is 9.59 Å². The number of hydrogen-bond acceptors (Lipinski definition) is 5. The minimum atomic E-state index is -0.528. The van der Waals surface area contributed by atoms with E-state index in [4.69, 9.17) is 4.74 Å². The fraction of sp³-hybridized carbons (Fsp3) is 0.462. The first kappa shape index (κ1) is 22.4. The van der Waals surface area contributed by atoms with E-state index in [1.807, 2.05) is 27.8 Å². The number of aromatic nitrogens is 3. The first-order valence-electron chi connectivity index (χ1n) is 12.1. The van der Waals surface area contributed by atoms with Crippen molar-refractivity contribution < 1.29 is 14.3 Å². The van der Waals surface area contributed by atoms with Crippen molar-refractivity contribution in [1.82, 2.24) is 19.7 Å². The van der Waals surface area contributed by atoms with Gasteiger partial charge in [-0.1, -0.05) is 25.0 Å². The lowest BCUT2D eigenvalue weighted by Gasteiger charge is -2.34. The second kappa shape index (κ2) is 9.08. The van der Waals surface area contributed by atoms with Crippen LogP contribution in [0.2, 0.25) is 0 Å². The Morgan fingerprint density at radius 3 is 2.74 bits per heavy atom. The number of rotatable bonds is 5. The van der Waals surface area contributed by atoms with E-state index in [1.165, 1.54) is 0 Å². The quantitative estimate of drug-likeness (QED) is 0.607. The molecule has 3 atom stereocenters. The normalized spacial score (nSPS) is 22.1. The molecule has 34 heavy (non-hydrogen) atoms. The summed E-state index contributed by atoms with van der Waals surface area (Å²) in [5.41, 5.74) is 1.89. The molecule has 3 unspecified atom stereocenters. The number of ether oxygens (including phenoxy) is 1. The van der Waals surface area contributed by atoms with Gasteiger partial charge in [-0.15, -0.1) is 0 Å². The zero-order valence-corrected chi connectivity index (χ0v) is 19.9. The largest absolute Gasteiger partial charge is 0.496 e. The first-order chi connectivity index (χ1) is 16.5. The molecule has 2 amide bonds. The molecule has 1 aromatic carbocycles. The highest BCUT2D eigenvalue weighted by atomic mass is 16.5. The highest BCUT2D eigenvalue weighted by Gasteiger charge is 2.48. The van der Waals surface area contributed by atoms with Crippen molar-refractivity contribution in [3.8, 4) is 5.75 Å². The third kappa shape index (κ3) is 3.91. The zero-order valence-electron chi connectivity index (χ0n) is 19.9. The van der Waals surface area contributed by atoms with E-state index in [0.29, 0.717) is 29.3 Å². The van der Waals surface area contributed by atoms with Gasteiger partial charge in [-0.05, 0) is 57.2 Å². The molecular formula is C26H31N5O3. The van der Waals surface area contributed by atoms with Gasteiger partial charge in [-0.25, -0.2) is 9.67 Å². The molecule has 2 aromatic heterocycles. The average Bonchev–Trinajstić information content (AvgIpc) is 3.45. The summed E-state index contributed by atoms with van der Waals surface area (Å²) in [7, 11) is 1.56. The fourth-order valence-corrected chi connectivity index (χ4v) is 5.56. The summed E-state index contributed by atoms with van der Waals surface area (Å²) in [5, 5.41) is 8.30. The standard InChI is InChI=1S/C26H31N5O3/c1-16(2)31-24-18(14-28-31)12-19(15-27-24)29-25(32)22-13-17-8-4-6-10-21(17)30(22)26(33)20-9-5-7-11-23(20)34-3/h5,7,9,11-12,14-17,21-22H,4,6,8,10,13H2,1-3H3,(H,29,32). The molecule has 3 heterocycles. The third-order valence-electron chi connectivity index (χ3n) is 7.15. The van der Waals surface area contributed by atoms with E-state index in [2.05, 4.69) is 29.2 Å².